The molecule has 164 valence electrons. The van der Waals surface area contributed by atoms with Gasteiger partial charge in [0.15, 0.2) is 0 Å². The van der Waals surface area contributed by atoms with E-state index in [1.165, 1.54) is 70.8 Å². The van der Waals surface area contributed by atoms with Gasteiger partial charge in [0.05, 0.1) is 27.2 Å². The van der Waals surface area contributed by atoms with Crippen LogP contribution in [0.5, 0.6) is 0 Å². The van der Waals surface area contributed by atoms with Crippen molar-refractivity contribution in [1.29, 1.82) is 0 Å². The summed E-state index contributed by atoms with van der Waals surface area (Å²) in [7, 11) is 4.62. The summed E-state index contributed by atoms with van der Waals surface area (Å²) in [6, 6.07) is 9.93. The minimum atomic E-state index is -0.00569. The molecule has 0 atom stereocenters. The molecule has 0 aliphatic heterocycles. The van der Waals surface area contributed by atoms with Crippen LogP contribution in [0, 0.1) is 0 Å². The fourth-order valence-corrected chi connectivity index (χ4v) is 3.65. The molecule has 0 fully saturated rings. The van der Waals surface area contributed by atoms with Crippen molar-refractivity contribution in [3.05, 3.63) is 42.0 Å². The van der Waals surface area contributed by atoms with E-state index < -0.39 is 0 Å². The van der Waals surface area contributed by atoms with Crippen molar-refractivity contribution in [3.63, 3.8) is 0 Å². The van der Waals surface area contributed by atoms with Crippen LogP contribution in [0.15, 0.2) is 36.4 Å². The molecular weight excluding hydrogens is 356 g/mol. The SMILES string of the molecule is CCCCCCCCCCCC[N+](C)(C)CCCNC(=O)C=Cc1ccccc1. The number of quaternary nitrogens is 1. The fraction of sp³-hybridized carbons (Fsp3) is 0.654. The molecule has 0 saturated carbocycles. The lowest BCUT2D eigenvalue weighted by Gasteiger charge is -2.30. The molecule has 0 unspecified atom stereocenters. The van der Waals surface area contributed by atoms with Crippen LogP contribution < -0.4 is 5.32 Å². The third kappa shape index (κ3) is 15.0. The van der Waals surface area contributed by atoms with Crippen LogP contribution in [0.25, 0.3) is 6.08 Å². The minimum absolute atomic E-state index is 0.00569. The van der Waals surface area contributed by atoms with Crippen molar-refractivity contribution in [2.24, 2.45) is 0 Å². The second-order valence-corrected chi connectivity index (χ2v) is 8.95. The highest BCUT2D eigenvalue weighted by Gasteiger charge is 2.13. The lowest BCUT2D eigenvalue weighted by atomic mass is 10.1. The Kier molecular flexibility index (Phi) is 14.2. The highest BCUT2D eigenvalue weighted by atomic mass is 16.1. The van der Waals surface area contributed by atoms with E-state index in [9.17, 15) is 4.79 Å². The van der Waals surface area contributed by atoms with Crippen LogP contribution in [-0.4, -0.2) is 44.1 Å². The van der Waals surface area contributed by atoms with Crippen LogP contribution in [0.3, 0.4) is 0 Å². The smallest absolute Gasteiger partial charge is 0.244 e. The zero-order valence-electron chi connectivity index (χ0n) is 19.3. The fourth-order valence-electron chi connectivity index (χ4n) is 3.65. The van der Waals surface area contributed by atoms with E-state index in [-0.39, 0.29) is 5.91 Å². The van der Waals surface area contributed by atoms with E-state index in [0.29, 0.717) is 0 Å². The summed E-state index contributed by atoms with van der Waals surface area (Å²) < 4.78 is 1.05. The van der Waals surface area contributed by atoms with Crippen molar-refractivity contribution < 1.29 is 9.28 Å². The van der Waals surface area contributed by atoms with Crippen molar-refractivity contribution in [1.82, 2.24) is 5.32 Å². The summed E-state index contributed by atoms with van der Waals surface area (Å²) in [5.74, 6) is -0.00569. The maximum Gasteiger partial charge on any atom is 0.244 e. The van der Waals surface area contributed by atoms with Crippen molar-refractivity contribution in [2.45, 2.75) is 77.6 Å². The molecule has 1 N–H and O–H groups in total. The number of nitrogens with zero attached hydrogens (tertiary/aromatic N) is 1. The summed E-state index contributed by atoms with van der Waals surface area (Å²) in [5.41, 5.74) is 1.05. The molecule has 0 saturated heterocycles. The zero-order valence-corrected chi connectivity index (χ0v) is 19.3. The third-order valence-corrected chi connectivity index (χ3v) is 5.58. The Balaban J connectivity index is 2.00. The van der Waals surface area contributed by atoms with E-state index in [2.05, 4.69) is 26.3 Å². The van der Waals surface area contributed by atoms with Crippen molar-refractivity contribution >= 4 is 12.0 Å². The Bertz CT molecular complexity index is 551. The summed E-state index contributed by atoms with van der Waals surface area (Å²) in [6.45, 7) is 5.37. The topological polar surface area (TPSA) is 29.1 Å². The van der Waals surface area contributed by atoms with Crippen LogP contribution >= 0.6 is 0 Å². The molecule has 1 rings (SSSR count). The molecule has 3 nitrogen and oxygen atoms in total. The molecule has 1 aromatic carbocycles. The summed E-state index contributed by atoms with van der Waals surface area (Å²) in [6.07, 6.45) is 18.4. The normalized spacial score (nSPS) is 11.8. The first kappa shape index (κ1) is 25.4. The minimum Gasteiger partial charge on any atom is -0.352 e. The molecule has 0 radical (unpaired) electrons. The number of benzene rings is 1. The Hall–Kier alpha value is -1.61. The maximum atomic E-state index is 11.9. The molecule has 29 heavy (non-hydrogen) atoms. The van der Waals surface area contributed by atoms with Gasteiger partial charge in [0.2, 0.25) is 5.91 Å². The molecule has 0 spiro atoms. The van der Waals surface area contributed by atoms with E-state index in [1.807, 2.05) is 36.4 Å². The number of amides is 1. The first-order valence-electron chi connectivity index (χ1n) is 11.9. The molecule has 1 aromatic rings. The lowest BCUT2D eigenvalue weighted by molar-refractivity contribution is -0.890. The summed E-state index contributed by atoms with van der Waals surface area (Å²) >= 11 is 0. The highest BCUT2D eigenvalue weighted by Crippen LogP contribution is 2.12. The summed E-state index contributed by atoms with van der Waals surface area (Å²) in [4.78, 5) is 11.9. The maximum absolute atomic E-state index is 11.9. The molecule has 0 heterocycles. The van der Waals surface area contributed by atoms with Gasteiger partial charge in [-0.15, -0.1) is 0 Å². The molecule has 0 aliphatic carbocycles. The van der Waals surface area contributed by atoms with Gasteiger partial charge in [-0.05, 0) is 24.5 Å². The monoisotopic (exact) mass is 401 g/mol. The van der Waals surface area contributed by atoms with Crippen molar-refractivity contribution in [2.75, 3.05) is 33.7 Å². The molecular formula is C26H45N2O+. The zero-order chi connectivity index (χ0) is 21.2. The van der Waals surface area contributed by atoms with Crippen LogP contribution in [-0.2, 0) is 4.79 Å². The third-order valence-electron chi connectivity index (χ3n) is 5.58. The number of rotatable bonds is 17. The predicted molar refractivity (Wildman–Crippen MR) is 127 cm³/mol. The largest absolute Gasteiger partial charge is 0.352 e. The van der Waals surface area contributed by atoms with Crippen LogP contribution in [0.4, 0.5) is 0 Å². The van der Waals surface area contributed by atoms with Gasteiger partial charge in [-0.25, -0.2) is 0 Å². The first-order chi connectivity index (χ1) is 14.0. The van der Waals surface area contributed by atoms with Gasteiger partial charge in [0.25, 0.3) is 0 Å². The Morgan fingerprint density at radius 2 is 1.38 bits per heavy atom. The lowest BCUT2D eigenvalue weighted by Crippen LogP contribution is -2.42. The number of unbranched alkanes of at least 4 members (excludes halogenated alkanes) is 9. The Morgan fingerprint density at radius 1 is 0.828 bits per heavy atom. The highest BCUT2D eigenvalue weighted by molar-refractivity contribution is 5.91. The van der Waals surface area contributed by atoms with Crippen LogP contribution in [0.2, 0.25) is 0 Å². The molecule has 3 heteroatoms. The van der Waals surface area contributed by atoms with Gasteiger partial charge in [0, 0.05) is 19.0 Å². The van der Waals surface area contributed by atoms with Gasteiger partial charge >= 0.3 is 0 Å². The van der Waals surface area contributed by atoms with E-state index in [0.717, 1.165) is 29.6 Å². The number of nitrogens with one attached hydrogen (secondary N) is 1. The molecule has 0 bridgehead atoms. The van der Waals surface area contributed by atoms with E-state index in [4.69, 9.17) is 0 Å². The molecule has 0 aliphatic rings. The van der Waals surface area contributed by atoms with Gasteiger partial charge < -0.3 is 9.80 Å². The molecule has 1 amide bonds. The number of hydrogen-bond donors (Lipinski definition) is 1. The quantitative estimate of drug-likeness (QED) is 0.188. The van der Waals surface area contributed by atoms with Gasteiger partial charge in [-0.3, -0.25) is 4.79 Å². The van der Waals surface area contributed by atoms with Gasteiger partial charge in [-0.1, -0.05) is 88.6 Å². The first-order valence-corrected chi connectivity index (χ1v) is 11.9. The summed E-state index contributed by atoms with van der Waals surface area (Å²) in [5, 5.41) is 3.00. The van der Waals surface area contributed by atoms with Crippen LogP contribution in [0.1, 0.15) is 83.1 Å². The van der Waals surface area contributed by atoms with E-state index in [1.54, 1.807) is 6.08 Å². The number of hydrogen-bond acceptors (Lipinski definition) is 1. The van der Waals surface area contributed by atoms with Crippen molar-refractivity contribution in [3.8, 4) is 0 Å². The second kappa shape index (κ2) is 16.2. The number of carbonyl (C=O) groups is 1. The second-order valence-electron chi connectivity index (χ2n) is 8.95. The van der Waals surface area contributed by atoms with Gasteiger partial charge in [0.1, 0.15) is 0 Å². The molecule has 0 aromatic heterocycles. The Labute approximate surface area is 180 Å². The van der Waals surface area contributed by atoms with Gasteiger partial charge in [-0.2, -0.15) is 0 Å². The average Bonchev–Trinajstić information content (AvgIpc) is 2.72. The predicted octanol–water partition coefficient (Wildman–Crippen LogP) is 6.20. The van der Waals surface area contributed by atoms with E-state index >= 15 is 0 Å². The number of carbonyl (C=O) groups excluding carboxylic acids is 1. The average molecular weight is 402 g/mol. The Morgan fingerprint density at radius 3 is 2.00 bits per heavy atom. The standard InChI is InChI=1S/C26H44N2O/c1-4-5-6-7-8-9-10-11-12-16-23-28(2,3)24-17-22-27-26(29)21-20-25-18-14-13-15-19-25/h13-15,18-21H,4-12,16-17,22-24H2,1-3H3/p+1.